The number of hydrogen-bond acceptors (Lipinski definition) is 10. The van der Waals surface area contributed by atoms with Gasteiger partial charge in [0.1, 0.15) is 5.82 Å². The lowest BCUT2D eigenvalue weighted by Crippen LogP contribution is -2.42. The van der Waals surface area contributed by atoms with Crippen LogP contribution in [0.4, 0.5) is 11.6 Å². The Hall–Kier alpha value is -3.47. The molecule has 1 aliphatic heterocycles. The molecule has 1 saturated heterocycles. The molecule has 0 amide bonds. The number of allylic oxidation sites excluding steroid dienone is 1. The molecule has 0 spiro atoms. The van der Waals surface area contributed by atoms with Crippen LogP contribution in [-0.4, -0.2) is 83.4 Å². The van der Waals surface area contributed by atoms with Crippen molar-refractivity contribution < 1.29 is 9.47 Å². The first-order valence-electron chi connectivity index (χ1n) is 12.8. The van der Waals surface area contributed by atoms with Gasteiger partial charge in [0.25, 0.3) is 0 Å². The third-order valence-corrected chi connectivity index (χ3v) is 6.16. The van der Waals surface area contributed by atoms with E-state index < -0.39 is 0 Å². The number of fused-ring (bicyclic) bond motifs is 1. The third kappa shape index (κ3) is 7.51. The molecule has 4 rings (SSSR count). The van der Waals surface area contributed by atoms with Crippen LogP contribution in [0.25, 0.3) is 16.6 Å². The number of ether oxygens (including phenoxy) is 2. The average molecular weight is 505 g/mol. The van der Waals surface area contributed by atoms with Crippen LogP contribution in [0.2, 0.25) is 0 Å². The standard InChI is InChI=1S/C27H36N8O2/c1-4-37-23(18-35-7-9-36-10-8-35)17-29-14-22(13-28)21-11-25-24(30-15-21)5-6-26(32-25)33-27-12-20(19(2)3)16-31-34-27/h5-6,11-16,19,23H,4,7-10,17-18,28H2,1-3H3,(H,32,33,34). The van der Waals surface area contributed by atoms with Crippen molar-refractivity contribution in [2.24, 2.45) is 10.7 Å². The van der Waals surface area contributed by atoms with E-state index >= 15 is 0 Å². The summed E-state index contributed by atoms with van der Waals surface area (Å²) >= 11 is 0. The number of rotatable bonds is 11. The Balaban J connectivity index is 1.45. The quantitative estimate of drug-likeness (QED) is 0.378. The van der Waals surface area contributed by atoms with E-state index in [9.17, 15) is 0 Å². The molecule has 0 saturated carbocycles. The topological polar surface area (TPSA) is 124 Å². The zero-order valence-electron chi connectivity index (χ0n) is 21.8. The highest BCUT2D eigenvalue weighted by atomic mass is 16.5. The number of anilines is 2. The van der Waals surface area contributed by atoms with Gasteiger partial charge in [0.15, 0.2) is 5.82 Å². The predicted octanol–water partition coefficient (Wildman–Crippen LogP) is 3.39. The highest BCUT2D eigenvalue weighted by Crippen LogP contribution is 2.21. The second kappa shape index (κ2) is 13.2. The van der Waals surface area contributed by atoms with Crippen molar-refractivity contribution in [2.75, 3.05) is 51.3 Å². The third-order valence-electron chi connectivity index (χ3n) is 6.16. The summed E-state index contributed by atoms with van der Waals surface area (Å²) in [6.07, 6.45) is 6.90. The zero-order valence-corrected chi connectivity index (χ0v) is 21.8. The Bertz CT molecular complexity index is 1220. The van der Waals surface area contributed by atoms with Gasteiger partial charge in [-0.3, -0.25) is 14.9 Å². The molecule has 0 radical (unpaired) electrons. The number of nitrogens with zero attached hydrogens (tertiary/aromatic N) is 6. The Morgan fingerprint density at radius 2 is 2.03 bits per heavy atom. The molecule has 3 N–H and O–H groups in total. The summed E-state index contributed by atoms with van der Waals surface area (Å²) in [5.41, 5.74) is 10.2. The van der Waals surface area contributed by atoms with E-state index in [0.29, 0.717) is 30.7 Å². The van der Waals surface area contributed by atoms with Crippen molar-refractivity contribution in [3.05, 3.63) is 54.0 Å². The Labute approximate surface area is 218 Å². The number of nitrogens with two attached hydrogens (primary N) is 1. The predicted molar refractivity (Wildman–Crippen MR) is 147 cm³/mol. The summed E-state index contributed by atoms with van der Waals surface area (Å²) in [6.45, 7) is 11.6. The van der Waals surface area contributed by atoms with Crippen LogP contribution in [0.15, 0.2) is 47.9 Å². The summed E-state index contributed by atoms with van der Waals surface area (Å²) in [5.74, 6) is 1.67. The maximum Gasteiger partial charge on any atom is 0.154 e. The first-order chi connectivity index (χ1) is 18.1. The molecule has 1 atom stereocenters. The maximum atomic E-state index is 5.96. The Kier molecular flexibility index (Phi) is 9.47. The van der Waals surface area contributed by atoms with Gasteiger partial charge in [0.2, 0.25) is 0 Å². The van der Waals surface area contributed by atoms with E-state index in [1.54, 1.807) is 24.8 Å². The van der Waals surface area contributed by atoms with Gasteiger partial charge < -0.3 is 20.5 Å². The number of hydrogen-bond donors (Lipinski definition) is 2. The number of nitrogens with one attached hydrogen (secondary N) is 1. The van der Waals surface area contributed by atoms with E-state index in [4.69, 9.17) is 20.2 Å². The van der Waals surface area contributed by atoms with Gasteiger partial charge in [-0.1, -0.05) is 13.8 Å². The zero-order chi connectivity index (χ0) is 26.0. The number of aliphatic imine (C=N–C) groups is 1. The minimum atomic E-state index is 0.0145. The van der Waals surface area contributed by atoms with Crippen LogP contribution >= 0.6 is 0 Å². The molecule has 3 aromatic heterocycles. The summed E-state index contributed by atoms with van der Waals surface area (Å²) < 4.78 is 11.4. The van der Waals surface area contributed by atoms with Crippen molar-refractivity contribution in [1.82, 2.24) is 25.1 Å². The van der Waals surface area contributed by atoms with Gasteiger partial charge in [-0.05, 0) is 42.7 Å². The van der Waals surface area contributed by atoms with Gasteiger partial charge in [-0.15, -0.1) is 5.10 Å². The lowest BCUT2D eigenvalue weighted by molar-refractivity contribution is -0.00530. The van der Waals surface area contributed by atoms with Gasteiger partial charge in [0, 0.05) is 56.0 Å². The molecule has 10 nitrogen and oxygen atoms in total. The van der Waals surface area contributed by atoms with Crippen molar-refractivity contribution in [3.8, 4) is 0 Å². The van der Waals surface area contributed by atoms with Gasteiger partial charge in [0.05, 0.1) is 43.1 Å². The lowest BCUT2D eigenvalue weighted by Gasteiger charge is -2.29. The summed E-state index contributed by atoms with van der Waals surface area (Å²) in [6, 6.07) is 7.75. The molecule has 0 bridgehead atoms. The van der Waals surface area contributed by atoms with Crippen molar-refractivity contribution in [3.63, 3.8) is 0 Å². The minimum absolute atomic E-state index is 0.0145. The van der Waals surface area contributed by atoms with Crippen LogP contribution in [0, 0.1) is 0 Å². The first kappa shape index (κ1) is 26.6. The fraction of sp³-hybridized carbons (Fsp3) is 0.444. The van der Waals surface area contributed by atoms with Crippen molar-refractivity contribution in [2.45, 2.75) is 32.8 Å². The highest BCUT2D eigenvalue weighted by Gasteiger charge is 2.16. The number of aromatic nitrogens is 4. The molecule has 3 aromatic rings. The molecule has 0 aromatic carbocycles. The molecule has 1 aliphatic rings. The first-order valence-corrected chi connectivity index (χ1v) is 12.8. The van der Waals surface area contributed by atoms with Crippen molar-refractivity contribution >= 4 is 34.5 Å². The van der Waals surface area contributed by atoms with E-state index in [0.717, 1.165) is 60.6 Å². The van der Waals surface area contributed by atoms with Crippen LogP contribution in [-0.2, 0) is 9.47 Å². The smallest absolute Gasteiger partial charge is 0.154 e. The molecule has 0 aliphatic carbocycles. The number of pyridine rings is 2. The second-order valence-electron chi connectivity index (χ2n) is 9.22. The van der Waals surface area contributed by atoms with E-state index in [1.807, 2.05) is 31.2 Å². The minimum Gasteiger partial charge on any atom is -0.404 e. The summed E-state index contributed by atoms with van der Waals surface area (Å²) in [4.78, 5) is 16.3. The molecule has 4 heterocycles. The monoisotopic (exact) mass is 504 g/mol. The molecule has 10 heteroatoms. The van der Waals surface area contributed by atoms with Gasteiger partial charge in [-0.2, -0.15) is 5.10 Å². The Morgan fingerprint density at radius 3 is 2.78 bits per heavy atom. The van der Waals surface area contributed by atoms with Crippen molar-refractivity contribution in [1.29, 1.82) is 0 Å². The van der Waals surface area contributed by atoms with Crippen LogP contribution in [0.3, 0.4) is 0 Å². The van der Waals surface area contributed by atoms with Crippen LogP contribution in [0.1, 0.15) is 37.8 Å². The molecular weight excluding hydrogens is 468 g/mol. The summed E-state index contributed by atoms with van der Waals surface area (Å²) in [7, 11) is 0. The molecule has 1 fully saturated rings. The maximum absolute atomic E-state index is 5.96. The molecule has 37 heavy (non-hydrogen) atoms. The normalized spacial score (nSPS) is 16.1. The van der Waals surface area contributed by atoms with Gasteiger partial charge in [-0.25, -0.2) is 4.98 Å². The fourth-order valence-electron chi connectivity index (χ4n) is 4.08. The van der Waals surface area contributed by atoms with Crippen LogP contribution < -0.4 is 11.1 Å². The van der Waals surface area contributed by atoms with Gasteiger partial charge >= 0.3 is 0 Å². The summed E-state index contributed by atoms with van der Waals surface area (Å²) in [5, 5.41) is 11.5. The largest absolute Gasteiger partial charge is 0.404 e. The molecular formula is C27H36N8O2. The number of morpholine rings is 1. The van der Waals surface area contributed by atoms with E-state index in [1.165, 1.54) is 0 Å². The average Bonchev–Trinajstić information content (AvgIpc) is 2.91. The molecule has 1 unspecified atom stereocenters. The van der Waals surface area contributed by atoms with E-state index in [2.05, 4.69) is 44.2 Å². The highest BCUT2D eigenvalue weighted by molar-refractivity contribution is 6.10. The lowest BCUT2D eigenvalue weighted by atomic mass is 10.1. The Morgan fingerprint density at radius 1 is 1.19 bits per heavy atom. The van der Waals surface area contributed by atoms with Crippen LogP contribution in [0.5, 0.6) is 0 Å². The molecule has 196 valence electrons. The van der Waals surface area contributed by atoms with E-state index in [-0.39, 0.29) is 6.10 Å². The SMILES string of the molecule is CCOC(CN=CC(=CN)c1cnc2ccc(Nc3cc(C(C)C)cnn3)nc2c1)CN1CCOCC1. The second-order valence-corrected chi connectivity index (χ2v) is 9.22. The fourth-order valence-corrected chi connectivity index (χ4v) is 4.08.